The second kappa shape index (κ2) is 8.76. The third kappa shape index (κ3) is 6.21. The topological polar surface area (TPSA) is 30.5 Å². The molecule has 0 radical (unpaired) electrons. The van der Waals surface area contributed by atoms with Crippen LogP contribution in [-0.4, -0.2) is 32.8 Å². The Morgan fingerprint density at radius 1 is 1.15 bits per heavy atom. The highest BCUT2D eigenvalue weighted by Gasteiger charge is 2.13. The SMILES string of the molecule is CC(NCCOCC(F)F)c1ccccc1OC(F)F. The number of alkyl halides is 4. The van der Waals surface area contributed by atoms with Crippen LogP contribution in [0.4, 0.5) is 17.6 Å². The van der Waals surface area contributed by atoms with E-state index in [9.17, 15) is 17.6 Å². The smallest absolute Gasteiger partial charge is 0.387 e. The third-order valence-corrected chi connectivity index (χ3v) is 2.54. The van der Waals surface area contributed by atoms with Crippen molar-refractivity contribution < 1.29 is 27.0 Å². The number of rotatable bonds is 9. The molecule has 0 saturated carbocycles. The maximum atomic E-state index is 12.3. The summed E-state index contributed by atoms with van der Waals surface area (Å²) in [4.78, 5) is 0. The second-order valence-corrected chi connectivity index (χ2v) is 4.06. The van der Waals surface area contributed by atoms with Crippen molar-refractivity contribution in [2.75, 3.05) is 19.8 Å². The molecule has 0 fully saturated rings. The molecular formula is C13H17F4NO2. The van der Waals surface area contributed by atoms with E-state index in [2.05, 4.69) is 10.1 Å². The lowest BCUT2D eigenvalue weighted by Gasteiger charge is -2.18. The van der Waals surface area contributed by atoms with Crippen molar-refractivity contribution in [3.8, 4) is 5.75 Å². The Kier molecular flexibility index (Phi) is 7.32. The summed E-state index contributed by atoms with van der Waals surface area (Å²) in [5.41, 5.74) is 0.571. The van der Waals surface area contributed by atoms with E-state index >= 15 is 0 Å². The maximum absolute atomic E-state index is 12.3. The van der Waals surface area contributed by atoms with Crippen LogP contribution in [0.25, 0.3) is 0 Å². The lowest BCUT2D eigenvalue weighted by Crippen LogP contribution is -2.24. The molecule has 1 atom stereocenters. The second-order valence-electron chi connectivity index (χ2n) is 4.06. The van der Waals surface area contributed by atoms with Gasteiger partial charge in [-0.05, 0) is 13.0 Å². The zero-order valence-electron chi connectivity index (χ0n) is 11.0. The van der Waals surface area contributed by atoms with E-state index in [1.807, 2.05) is 0 Å². The minimum atomic E-state index is -2.89. The first-order valence-corrected chi connectivity index (χ1v) is 6.13. The lowest BCUT2D eigenvalue weighted by molar-refractivity contribution is -0.0506. The van der Waals surface area contributed by atoms with E-state index in [0.717, 1.165) is 0 Å². The molecule has 1 rings (SSSR count). The van der Waals surface area contributed by atoms with E-state index in [1.165, 1.54) is 6.07 Å². The molecule has 20 heavy (non-hydrogen) atoms. The minimum absolute atomic E-state index is 0.0935. The van der Waals surface area contributed by atoms with Gasteiger partial charge in [-0.3, -0.25) is 0 Å². The van der Waals surface area contributed by atoms with E-state index in [4.69, 9.17) is 4.74 Å². The van der Waals surface area contributed by atoms with Gasteiger partial charge in [0.2, 0.25) is 0 Å². The molecule has 0 spiro atoms. The zero-order chi connectivity index (χ0) is 15.0. The normalized spacial score (nSPS) is 12.9. The first-order chi connectivity index (χ1) is 9.50. The van der Waals surface area contributed by atoms with E-state index in [1.54, 1.807) is 25.1 Å². The number of hydrogen-bond acceptors (Lipinski definition) is 3. The van der Waals surface area contributed by atoms with Crippen LogP contribution in [0.5, 0.6) is 5.75 Å². The lowest BCUT2D eigenvalue weighted by atomic mass is 10.1. The fourth-order valence-electron chi connectivity index (χ4n) is 1.67. The Bertz CT molecular complexity index is 390. The van der Waals surface area contributed by atoms with Crippen molar-refractivity contribution in [1.29, 1.82) is 0 Å². The summed E-state index contributed by atoms with van der Waals surface area (Å²) in [6.45, 7) is -1.29. The van der Waals surface area contributed by atoms with Crippen molar-refractivity contribution in [3.63, 3.8) is 0 Å². The van der Waals surface area contributed by atoms with Gasteiger partial charge in [-0.2, -0.15) is 8.78 Å². The van der Waals surface area contributed by atoms with Crippen LogP contribution in [0.15, 0.2) is 24.3 Å². The van der Waals surface area contributed by atoms with Gasteiger partial charge in [0.15, 0.2) is 0 Å². The summed E-state index contributed by atoms with van der Waals surface area (Å²) in [5, 5.41) is 2.99. The summed E-state index contributed by atoms with van der Waals surface area (Å²) in [5.74, 6) is 0.0935. The van der Waals surface area contributed by atoms with Gasteiger partial charge in [-0.1, -0.05) is 18.2 Å². The summed E-state index contributed by atoms with van der Waals surface area (Å²) in [6, 6.07) is 6.15. The van der Waals surface area contributed by atoms with Crippen LogP contribution in [0.1, 0.15) is 18.5 Å². The molecule has 0 aliphatic carbocycles. The molecule has 0 bridgehead atoms. The van der Waals surface area contributed by atoms with Crippen LogP contribution in [0.2, 0.25) is 0 Å². The highest BCUT2D eigenvalue weighted by Crippen LogP contribution is 2.26. The molecule has 7 heteroatoms. The van der Waals surface area contributed by atoms with Gasteiger partial charge in [0.25, 0.3) is 6.43 Å². The molecular weight excluding hydrogens is 278 g/mol. The van der Waals surface area contributed by atoms with E-state index in [-0.39, 0.29) is 18.4 Å². The van der Waals surface area contributed by atoms with E-state index < -0.39 is 19.6 Å². The van der Waals surface area contributed by atoms with Gasteiger partial charge in [-0.15, -0.1) is 0 Å². The maximum Gasteiger partial charge on any atom is 0.387 e. The molecule has 1 aromatic carbocycles. The summed E-state index contributed by atoms with van der Waals surface area (Å²) < 4.78 is 57.3. The first-order valence-electron chi connectivity index (χ1n) is 6.13. The summed E-state index contributed by atoms with van der Waals surface area (Å²) >= 11 is 0. The van der Waals surface area contributed by atoms with Crippen LogP contribution < -0.4 is 10.1 Å². The predicted molar refractivity (Wildman–Crippen MR) is 66.3 cm³/mol. The quantitative estimate of drug-likeness (QED) is 0.560. The monoisotopic (exact) mass is 295 g/mol. The Morgan fingerprint density at radius 3 is 2.50 bits per heavy atom. The average molecular weight is 295 g/mol. The van der Waals surface area contributed by atoms with Gasteiger partial charge in [0.1, 0.15) is 12.4 Å². The molecule has 0 aromatic heterocycles. The molecule has 1 aromatic rings. The van der Waals surface area contributed by atoms with Crippen molar-refractivity contribution in [1.82, 2.24) is 5.32 Å². The molecule has 0 heterocycles. The molecule has 3 nitrogen and oxygen atoms in total. The van der Waals surface area contributed by atoms with Crippen LogP contribution in [0.3, 0.4) is 0 Å². The molecule has 0 saturated heterocycles. The van der Waals surface area contributed by atoms with Gasteiger partial charge in [0, 0.05) is 18.2 Å². The Labute approximate surface area is 114 Å². The number of hydrogen-bond donors (Lipinski definition) is 1. The standard InChI is InChI=1S/C13H17F4NO2/c1-9(18-6-7-19-8-12(14)15)10-4-2-3-5-11(10)20-13(16)17/h2-5,9,12-13,18H,6-8H2,1H3. The Morgan fingerprint density at radius 2 is 1.85 bits per heavy atom. The minimum Gasteiger partial charge on any atom is -0.434 e. The van der Waals surface area contributed by atoms with Crippen molar-refractivity contribution in [2.45, 2.75) is 26.0 Å². The number of benzene rings is 1. The molecule has 114 valence electrons. The van der Waals surface area contributed by atoms with Crippen LogP contribution in [-0.2, 0) is 4.74 Å². The van der Waals surface area contributed by atoms with E-state index in [0.29, 0.717) is 12.1 Å². The third-order valence-electron chi connectivity index (χ3n) is 2.54. The largest absolute Gasteiger partial charge is 0.434 e. The van der Waals surface area contributed by atoms with Gasteiger partial charge in [0.05, 0.1) is 6.61 Å². The highest BCUT2D eigenvalue weighted by molar-refractivity contribution is 5.35. The fraction of sp³-hybridized carbons (Fsp3) is 0.538. The first kappa shape index (κ1) is 16.7. The fourth-order valence-corrected chi connectivity index (χ4v) is 1.67. The van der Waals surface area contributed by atoms with Crippen molar-refractivity contribution >= 4 is 0 Å². The summed E-state index contributed by atoms with van der Waals surface area (Å²) in [6.07, 6.45) is -2.49. The van der Waals surface area contributed by atoms with Gasteiger partial charge < -0.3 is 14.8 Å². The zero-order valence-corrected chi connectivity index (χ0v) is 11.0. The molecule has 0 aliphatic heterocycles. The number of halogens is 4. The van der Waals surface area contributed by atoms with Crippen LogP contribution in [0, 0.1) is 0 Å². The van der Waals surface area contributed by atoms with Gasteiger partial charge >= 0.3 is 6.61 Å². The number of para-hydroxylation sites is 1. The van der Waals surface area contributed by atoms with Gasteiger partial charge in [-0.25, -0.2) is 8.78 Å². The van der Waals surface area contributed by atoms with Crippen LogP contribution >= 0.6 is 0 Å². The molecule has 1 unspecified atom stereocenters. The Hall–Kier alpha value is -1.34. The number of ether oxygens (including phenoxy) is 2. The predicted octanol–water partition coefficient (Wildman–Crippen LogP) is 3.22. The molecule has 0 aliphatic rings. The van der Waals surface area contributed by atoms with Crippen molar-refractivity contribution in [3.05, 3.63) is 29.8 Å². The molecule has 0 amide bonds. The highest BCUT2D eigenvalue weighted by atomic mass is 19.3. The average Bonchev–Trinajstić information content (AvgIpc) is 2.37. The summed E-state index contributed by atoms with van der Waals surface area (Å²) in [7, 11) is 0. The number of nitrogens with one attached hydrogen (secondary N) is 1. The Balaban J connectivity index is 2.44. The van der Waals surface area contributed by atoms with Crippen molar-refractivity contribution in [2.24, 2.45) is 0 Å². The molecule has 1 N–H and O–H groups in total.